The van der Waals surface area contributed by atoms with Crippen molar-refractivity contribution < 1.29 is 9.90 Å². The fourth-order valence-electron chi connectivity index (χ4n) is 4.03. The van der Waals surface area contributed by atoms with E-state index in [0.717, 1.165) is 36.0 Å². The van der Waals surface area contributed by atoms with E-state index in [1.165, 1.54) is 5.56 Å². The molecule has 35 heavy (non-hydrogen) atoms. The minimum absolute atomic E-state index is 0.288. The van der Waals surface area contributed by atoms with Gasteiger partial charge in [-0.05, 0) is 77.2 Å². The zero-order chi connectivity index (χ0) is 25.2. The lowest BCUT2D eigenvalue weighted by molar-refractivity contribution is 0.0630. The van der Waals surface area contributed by atoms with Gasteiger partial charge < -0.3 is 14.6 Å². The molecule has 0 aliphatic carbocycles. The van der Waals surface area contributed by atoms with Crippen molar-refractivity contribution in [3.8, 4) is 11.3 Å². The standard InChI is InChI=1S/C26H33N7O2/c1-26(2,35)17-33-23-9-8-18(7-6-12-31(3)4)13-22(23)29-25(33)30-24(34)19-10-11-27-21(14-19)20-15-28-32(5)16-20/h8-11,13-16,35H,6-7,12,17H2,1-5H3,(H,29,30,34). The van der Waals surface area contributed by atoms with Gasteiger partial charge in [-0.25, -0.2) is 4.98 Å². The van der Waals surface area contributed by atoms with Gasteiger partial charge in [-0.1, -0.05) is 6.07 Å². The number of rotatable bonds is 9. The van der Waals surface area contributed by atoms with Gasteiger partial charge in [-0.3, -0.25) is 19.8 Å². The van der Waals surface area contributed by atoms with E-state index in [1.807, 2.05) is 23.9 Å². The molecule has 9 nitrogen and oxygen atoms in total. The van der Waals surface area contributed by atoms with Crippen LogP contribution in [0.15, 0.2) is 48.9 Å². The lowest BCUT2D eigenvalue weighted by Gasteiger charge is -2.20. The number of aliphatic hydroxyl groups is 1. The first-order valence-electron chi connectivity index (χ1n) is 11.7. The van der Waals surface area contributed by atoms with Crippen molar-refractivity contribution in [3.05, 3.63) is 60.0 Å². The quantitative estimate of drug-likeness (QED) is 0.385. The lowest BCUT2D eigenvalue weighted by atomic mass is 10.1. The van der Waals surface area contributed by atoms with Gasteiger partial charge in [0, 0.05) is 30.6 Å². The molecule has 1 aromatic carbocycles. The third-order valence-electron chi connectivity index (χ3n) is 5.68. The van der Waals surface area contributed by atoms with Gasteiger partial charge in [-0.2, -0.15) is 5.10 Å². The Morgan fingerprint density at radius 2 is 2.00 bits per heavy atom. The van der Waals surface area contributed by atoms with Gasteiger partial charge in [0.2, 0.25) is 5.95 Å². The van der Waals surface area contributed by atoms with Crippen molar-refractivity contribution in [2.75, 3.05) is 26.0 Å². The lowest BCUT2D eigenvalue weighted by Crippen LogP contribution is -2.27. The molecule has 0 fully saturated rings. The largest absolute Gasteiger partial charge is 0.389 e. The number of pyridine rings is 1. The van der Waals surface area contributed by atoms with Crippen molar-refractivity contribution in [3.63, 3.8) is 0 Å². The Morgan fingerprint density at radius 1 is 1.20 bits per heavy atom. The molecule has 184 valence electrons. The van der Waals surface area contributed by atoms with Gasteiger partial charge >= 0.3 is 0 Å². The summed E-state index contributed by atoms with van der Waals surface area (Å²) in [4.78, 5) is 24.5. The fourth-order valence-corrected chi connectivity index (χ4v) is 4.03. The van der Waals surface area contributed by atoms with Crippen LogP contribution in [0, 0.1) is 0 Å². The zero-order valence-electron chi connectivity index (χ0n) is 21.0. The molecule has 0 spiro atoms. The van der Waals surface area contributed by atoms with E-state index < -0.39 is 5.60 Å². The first-order chi connectivity index (χ1) is 16.6. The first-order valence-corrected chi connectivity index (χ1v) is 11.7. The fraction of sp³-hybridized carbons (Fsp3) is 0.385. The normalized spacial score (nSPS) is 12.0. The second kappa shape index (κ2) is 9.97. The molecule has 0 saturated heterocycles. The monoisotopic (exact) mass is 475 g/mol. The van der Waals surface area contributed by atoms with Crippen LogP contribution >= 0.6 is 0 Å². The van der Waals surface area contributed by atoms with Crippen molar-refractivity contribution in [2.45, 2.75) is 38.8 Å². The minimum atomic E-state index is -0.984. The summed E-state index contributed by atoms with van der Waals surface area (Å²) in [6, 6.07) is 9.57. The highest BCUT2D eigenvalue weighted by molar-refractivity contribution is 6.04. The Morgan fingerprint density at radius 3 is 2.69 bits per heavy atom. The maximum atomic E-state index is 13.2. The topological polar surface area (TPSA) is 101 Å². The molecule has 0 radical (unpaired) electrons. The number of hydrogen-bond acceptors (Lipinski definition) is 6. The predicted molar refractivity (Wildman–Crippen MR) is 137 cm³/mol. The molecule has 0 aliphatic heterocycles. The van der Waals surface area contributed by atoms with Gasteiger partial charge in [0.25, 0.3) is 5.91 Å². The predicted octanol–water partition coefficient (Wildman–Crippen LogP) is 3.35. The van der Waals surface area contributed by atoms with Crippen LogP contribution in [-0.4, -0.2) is 66.5 Å². The van der Waals surface area contributed by atoms with E-state index in [2.05, 4.69) is 46.5 Å². The molecule has 2 N–H and O–H groups in total. The molecule has 0 bridgehead atoms. The Labute approximate surface area is 205 Å². The number of fused-ring (bicyclic) bond motifs is 1. The van der Waals surface area contributed by atoms with Crippen LogP contribution in [0.4, 0.5) is 5.95 Å². The van der Waals surface area contributed by atoms with Crippen LogP contribution in [0.1, 0.15) is 36.2 Å². The molecule has 4 aromatic rings. The van der Waals surface area contributed by atoms with Crippen molar-refractivity contribution >= 4 is 22.9 Å². The number of nitrogens with one attached hydrogen (secondary N) is 1. The van der Waals surface area contributed by atoms with Crippen LogP contribution in [0.2, 0.25) is 0 Å². The summed E-state index contributed by atoms with van der Waals surface area (Å²) in [5.74, 6) is 0.105. The molecular formula is C26H33N7O2. The van der Waals surface area contributed by atoms with Gasteiger partial charge in [-0.15, -0.1) is 0 Å². The minimum Gasteiger partial charge on any atom is -0.389 e. The molecule has 1 amide bonds. The maximum absolute atomic E-state index is 13.2. The number of nitrogens with zero attached hydrogens (tertiary/aromatic N) is 6. The summed E-state index contributed by atoms with van der Waals surface area (Å²) in [5.41, 5.74) is 3.82. The number of aromatic nitrogens is 5. The number of hydrogen-bond donors (Lipinski definition) is 2. The van der Waals surface area contributed by atoms with E-state index in [1.54, 1.807) is 43.1 Å². The number of aryl methyl sites for hydroxylation is 2. The van der Waals surface area contributed by atoms with Gasteiger partial charge in [0.1, 0.15) is 0 Å². The van der Waals surface area contributed by atoms with E-state index in [9.17, 15) is 9.90 Å². The second-order valence-electron chi connectivity index (χ2n) is 9.85. The molecule has 0 aliphatic rings. The highest BCUT2D eigenvalue weighted by Gasteiger charge is 2.21. The maximum Gasteiger partial charge on any atom is 0.258 e. The third kappa shape index (κ3) is 6.12. The van der Waals surface area contributed by atoms with Crippen LogP contribution in [0.3, 0.4) is 0 Å². The molecule has 3 aromatic heterocycles. The average molecular weight is 476 g/mol. The third-order valence-corrected chi connectivity index (χ3v) is 5.68. The number of amides is 1. The smallest absolute Gasteiger partial charge is 0.258 e. The van der Waals surface area contributed by atoms with Gasteiger partial charge in [0.05, 0.1) is 35.1 Å². The molecule has 4 rings (SSSR count). The number of carbonyl (C=O) groups excluding carboxylic acids is 1. The average Bonchev–Trinajstić information content (AvgIpc) is 3.36. The van der Waals surface area contributed by atoms with Crippen LogP contribution in [0.5, 0.6) is 0 Å². The summed E-state index contributed by atoms with van der Waals surface area (Å²) in [6.07, 6.45) is 7.17. The van der Waals surface area contributed by atoms with E-state index in [4.69, 9.17) is 4.98 Å². The number of imidazole rings is 1. The van der Waals surface area contributed by atoms with E-state index >= 15 is 0 Å². The van der Waals surface area contributed by atoms with Crippen molar-refractivity contribution in [2.24, 2.45) is 7.05 Å². The van der Waals surface area contributed by atoms with E-state index in [-0.39, 0.29) is 12.5 Å². The first kappa shape index (κ1) is 24.6. The SMILES string of the molecule is CN(C)CCCc1ccc2c(c1)nc(NC(=O)c1ccnc(-c3cnn(C)c3)c1)n2CC(C)(C)O. The Balaban J connectivity index is 1.63. The summed E-state index contributed by atoms with van der Waals surface area (Å²) < 4.78 is 3.55. The molecule has 3 heterocycles. The summed E-state index contributed by atoms with van der Waals surface area (Å²) >= 11 is 0. The summed E-state index contributed by atoms with van der Waals surface area (Å²) in [6.45, 7) is 4.78. The molecule has 0 atom stereocenters. The second-order valence-corrected chi connectivity index (χ2v) is 9.85. The number of anilines is 1. The zero-order valence-corrected chi connectivity index (χ0v) is 21.0. The number of benzene rings is 1. The molecule has 0 unspecified atom stereocenters. The molecule has 0 saturated carbocycles. The summed E-state index contributed by atoms with van der Waals surface area (Å²) in [7, 11) is 5.97. The van der Waals surface area contributed by atoms with Crippen molar-refractivity contribution in [1.82, 2.24) is 29.2 Å². The highest BCUT2D eigenvalue weighted by atomic mass is 16.3. The number of carbonyl (C=O) groups is 1. The Kier molecular flexibility index (Phi) is 7.00. The van der Waals surface area contributed by atoms with E-state index in [0.29, 0.717) is 17.2 Å². The molecular weight excluding hydrogens is 442 g/mol. The van der Waals surface area contributed by atoms with Crippen LogP contribution in [0.25, 0.3) is 22.3 Å². The summed E-state index contributed by atoms with van der Waals surface area (Å²) in [5, 5.41) is 17.7. The Bertz CT molecular complexity index is 1330. The highest BCUT2D eigenvalue weighted by Crippen LogP contribution is 2.25. The van der Waals surface area contributed by atoms with Crippen molar-refractivity contribution in [1.29, 1.82) is 0 Å². The molecule has 9 heteroatoms. The Hall–Kier alpha value is -3.56. The van der Waals surface area contributed by atoms with Gasteiger partial charge in [0.15, 0.2) is 0 Å². The van der Waals surface area contributed by atoms with Crippen LogP contribution in [-0.2, 0) is 20.0 Å². The van der Waals surface area contributed by atoms with Crippen LogP contribution < -0.4 is 5.32 Å².